The molecule has 0 radical (unpaired) electrons. The molecule has 1 unspecified atom stereocenters. The van der Waals surface area contributed by atoms with Gasteiger partial charge in [0.25, 0.3) is 0 Å². The quantitative estimate of drug-likeness (QED) is 0.808. The van der Waals surface area contributed by atoms with E-state index in [1.165, 1.54) is 19.9 Å². The Balaban J connectivity index is 2.19. The molecule has 2 N–H and O–H groups in total. The summed E-state index contributed by atoms with van der Waals surface area (Å²) in [5, 5.41) is 3.39. The van der Waals surface area contributed by atoms with E-state index in [1.807, 2.05) is 12.1 Å². The zero-order chi connectivity index (χ0) is 13.9. The molecule has 1 aliphatic rings. The molecule has 106 valence electrons. The minimum atomic E-state index is -3.41. The molecule has 1 aliphatic carbocycles. The van der Waals surface area contributed by atoms with Crippen LogP contribution in [0.3, 0.4) is 0 Å². The predicted molar refractivity (Wildman–Crippen MR) is 77.7 cm³/mol. The second-order valence-electron chi connectivity index (χ2n) is 5.13. The lowest BCUT2D eigenvalue weighted by Crippen LogP contribution is -2.24. The molecule has 4 nitrogen and oxygen atoms in total. The molecule has 0 bridgehead atoms. The van der Waals surface area contributed by atoms with E-state index in [2.05, 4.69) is 17.0 Å². The number of benzene rings is 1. The summed E-state index contributed by atoms with van der Waals surface area (Å²) < 4.78 is 26.3. The summed E-state index contributed by atoms with van der Waals surface area (Å²) in [4.78, 5) is 0.326. The van der Waals surface area contributed by atoms with Crippen molar-refractivity contribution in [3.05, 3.63) is 24.3 Å². The van der Waals surface area contributed by atoms with Crippen molar-refractivity contribution in [2.75, 3.05) is 12.4 Å². The lowest BCUT2D eigenvalue weighted by atomic mass is 10.1. The maximum Gasteiger partial charge on any atom is 0.242 e. The molecular weight excluding hydrogens is 260 g/mol. The van der Waals surface area contributed by atoms with Gasteiger partial charge in [-0.25, -0.2) is 13.1 Å². The van der Waals surface area contributed by atoms with Crippen molar-refractivity contribution in [3.8, 4) is 0 Å². The molecule has 0 spiro atoms. The van der Waals surface area contributed by atoms with E-state index in [9.17, 15) is 8.42 Å². The number of hydrogen-bond donors (Lipinski definition) is 2. The summed E-state index contributed by atoms with van der Waals surface area (Å²) >= 11 is 0. The standard InChI is InChI=1S/C14H22N2O2S/c1-3-12(10-11-8-9-11)16-13-6-4-5-7-14(13)19(17,18)15-2/h4-7,11-12,15-16H,3,8-10H2,1-2H3. The van der Waals surface area contributed by atoms with E-state index in [4.69, 9.17) is 0 Å². The summed E-state index contributed by atoms with van der Waals surface area (Å²) in [5.41, 5.74) is 0.698. The smallest absolute Gasteiger partial charge is 0.242 e. The van der Waals surface area contributed by atoms with E-state index < -0.39 is 10.0 Å². The third-order valence-corrected chi connectivity index (χ3v) is 5.08. The molecule has 1 saturated carbocycles. The number of nitrogens with one attached hydrogen (secondary N) is 2. The fourth-order valence-electron chi connectivity index (χ4n) is 2.23. The molecule has 1 atom stereocenters. The predicted octanol–water partition coefficient (Wildman–Crippen LogP) is 2.59. The lowest BCUT2D eigenvalue weighted by molar-refractivity contribution is 0.580. The fraction of sp³-hybridized carbons (Fsp3) is 0.571. The van der Waals surface area contributed by atoms with E-state index in [0.717, 1.165) is 18.8 Å². The molecule has 2 rings (SSSR count). The first kappa shape index (κ1) is 14.3. The molecule has 0 aromatic heterocycles. The Morgan fingerprint density at radius 2 is 2.00 bits per heavy atom. The van der Waals surface area contributed by atoms with Gasteiger partial charge in [-0.1, -0.05) is 31.9 Å². The summed E-state index contributed by atoms with van der Waals surface area (Å²) in [5.74, 6) is 0.825. The van der Waals surface area contributed by atoms with E-state index in [1.54, 1.807) is 12.1 Å². The van der Waals surface area contributed by atoms with Gasteiger partial charge < -0.3 is 5.32 Å². The van der Waals surface area contributed by atoms with Crippen LogP contribution in [0.4, 0.5) is 5.69 Å². The monoisotopic (exact) mass is 282 g/mol. The molecule has 1 aromatic rings. The Hall–Kier alpha value is -1.07. The minimum absolute atomic E-state index is 0.326. The summed E-state index contributed by atoms with van der Waals surface area (Å²) in [6.07, 6.45) is 4.76. The molecule has 0 aliphatic heterocycles. The van der Waals surface area contributed by atoms with Crippen LogP contribution in [0.25, 0.3) is 0 Å². The number of rotatable bonds is 7. The number of anilines is 1. The Morgan fingerprint density at radius 3 is 2.58 bits per heavy atom. The van der Waals surface area contributed by atoms with Crippen molar-refractivity contribution < 1.29 is 8.42 Å². The van der Waals surface area contributed by atoms with Gasteiger partial charge in [0.05, 0.1) is 5.69 Å². The molecule has 0 amide bonds. The van der Waals surface area contributed by atoms with Gasteiger partial charge in [-0.3, -0.25) is 0 Å². The minimum Gasteiger partial charge on any atom is -0.381 e. The van der Waals surface area contributed by atoms with Crippen LogP contribution < -0.4 is 10.0 Å². The summed E-state index contributed by atoms with van der Waals surface area (Å²) in [6.45, 7) is 2.13. The van der Waals surface area contributed by atoms with E-state index >= 15 is 0 Å². The first-order valence-electron chi connectivity index (χ1n) is 6.86. The second kappa shape index (κ2) is 5.92. The SMILES string of the molecule is CCC(CC1CC1)Nc1ccccc1S(=O)(=O)NC. The van der Waals surface area contributed by atoms with Crippen LogP contribution in [-0.2, 0) is 10.0 Å². The van der Waals surface area contributed by atoms with Crippen molar-refractivity contribution in [2.24, 2.45) is 5.92 Å². The van der Waals surface area contributed by atoms with Crippen molar-refractivity contribution in [1.82, 2.24) is 4.72 Å². The topological polar surface area (TPSA) is 58.2 Å². The zero-order valence-electron chi connectivity index (χ0n) is 11.5. The highest BCUT2D eigenvalue weighted by Crippen LogP contribution is 2.35. The molecule has 0 heterocycles. The third kappa shape index (κ3) is 3.70. The van der Waals surface area contributed by atoms with Gasteiger partial charge in [0.15, 0.2) is 0 Å². The van der Waals surface area contributed by atoms with Crippen molar-refractivity contribution in [2.45, 2.75) is 43.5 Å². The normalized spacial score (nSPS) is 17.2. The van der Waals surface area contributed by atoms with Gasteiger partial charge in [0, 0.05) is 6.04 Å². The number of para-hydroxylation sites is 1. The molecular formula is C14H22N2O2S. The number of hydrogen-bond acceptors (Lipinski definition) is 3. The fourth-order valence-corrected chi connectivity index (χ4v) is 3.13. The molecule has 1 fully saturated rings. The summed E-state index contributed by atoms with van der Waals surface area (Å²) in [7, 11) is -1.97. The van der Waals surface area contributed by atoms with Crippen LogP contribution in [0.2, 0.25) is 0 Å². The number of sulfonamides is 1. The lowest BCUT2D eigenvalue weighted by Gasteiger charge is -2.20. The van der Waals surface area contributed by atoms with Crippen molar-refractivity contribution in [3.63, 3.8) is 0 Å². The van der Waals surface area contributed by atoms with Gasteiger partial charge in [0.1, 0.15) is 4.90 Å². The van der Waals surface area contributed by atoms with Crippen LogP contribution in [0.1, 0.15) is 32.6 Å². The first-order valence-corrected chi connectivity index (χ1v) is 8.34. The van der Waals surface area contributed by atoms with Crippen LogP contribution >= 0.6 is 0 Å². The van der Waals surface area contributed by atoms with Gasteiger partial charge >= 0.3 is 0 Å². The van der Waals surface area contributed by atoms with E-state index in [0.29, 0.717) is 16.6 Å². The Morgan fingerprint density at radius 1 is 1.32 bits per heavy atom. The Bertz CT molecular complexity index is 524. The average molecular weight is 282 g/mol. The van der Waals surface area contributed by atoms with Crippen molar-refractivity contribution in [1.29, 1.82) is 0 Å². The van der Waals surface area contributed by atoms with Crippen LogP contribution in [0.5, 0.6) is 0 Å². The first-order chi connectivity index (χ1) is 9.06. The van der Waals surface area contributed by atoms with Crippen LogP contribution in [0.15, 0.2) is 29.2 Å². The largest absolute Gasteiger partial charge is 0.381 e. The zero-order valence-corrected chi connectivity index (χ0v) is 12.3. The second-order valence-corrected chi connectivity index (χ2v) is 6.99. The highest BCUT2D eigenvalue weighted by molar-refractivity contribution is 7.89. The highest BCUT2D eigenvalue weighted by Gasteiger charge is 2.25. The van der Waals surface area contributed by atoms with Gasteiger partial charge in [-0.2, -0.15) is 0 Å². The average Bonchev–Trinajstić information content (AvgIpc) is 3.22. The van der Waals surface area contributed by atoms with Gasteiger partial charge in [-0.05, 0) is 37.9 Å². The Labute approximate surface area is 115 Å². The highest BCUT2D eigenvalue weighted by atomic mass is 32.2. The van der Waals surface area contributed by atoms with Gasteiger partial charge in [0.2, 0.25) is 10.0 Å². The maximum atomic E-state index is 12.0. The van der Waals surface area contributed by atoms with Crippen molar-refractivity contribution >= 4 is 15.7 Å². The third-order valence-electron chi connectivity index (χ3n) is 3.61. The van der Waals surface area contributed by atoms with E-state index in [-0.39, 0.29) is 0 Å². The van der Waals surface area contributed by atoms with Crippen LogP contribution in [0, 0.1) is 5.92 Å². The molecule has 5 heteroatoms. The molecule has 1 aromatic carbocycles. The van der Waals surface area contributed by atoms with Gasteiger partial charge in [-0.15, -0.1) is 0 Å². The molecule has 0 saturated heterocycles. The van der Waals surface area contributed by atoms with Crippen LogP contribution in [-0.4, -0.2) is 21.5 Å². The summed E-state index contributed by atoms with van der Waals surface area (Å²) in [6, 6.07) is 7.43. The maximum absolute atomic E-state index is 12.0. The Kier molecular flexibility index (Phi) is 4.47. The molecule has 19 heavy (non-hydrogen) atoms.